The van der Waals surface area contributed by atoms with E-state index in [2.05, 4.69) is 84.3 Å². The van der Waals surface area contributed by atoms with Crippen molar-refractivity contribution >= 4 is 29.3 Å². The number of nitrogens with one attached hydrogen (secondary N) is 12. The van der Waals surface area contributed by atoms with Crippen LogP contribution in [-0.2, 0) is 32.2 Å². The van der Waals surface area contributed by atoms with Crippen LogP contribution in [0.5, 0.6) is 11.8 Å². The summed E-state index contributed by atoms with van der Waals surface area (Å²) in [6.07, 6.45) is -0.141. The van der Waals surface area contributed by atoms with Crippen LogP contribution >= 0.6 is 0 Å². The number of hydrogen-bond donors (Lipinski definition) is 20. The number of aromatic hydroxyl groups is 2. The quantitative estimate of drug-likeness (QED) is 0.0302. The van der Waals surface area contributed by atoms with Gasteiger partial charge in [0.1, 0.15) is 67.8 Å². The molecule has 0 aromatic carbocycles. The van der Waals surface area contributed by atoms with Gasteiger partial charge in [0.15, 0.2) is 11.4 Å². The third-order valence-electron chi connectivity index (χ3n) is 15.7. The molecule has 0 bridgehead atoms. The maximum Gasteiger partial charge on any atom is 0.306 e. The van der Waals surface area contributed by atoms with Crippen molar-refractivity contribution in [3.05, 3.63) is 43.0 Å². The highest BCUT2D eigenvalue weighted by Gasteiger charge is 2.38. The van der Waals surface area contributed by atoms with E-state index in [0.29, 0.717) is 0 Å². The van der Waals surface area contributed by atoms with E-state index in [9.17, 15) is 75.3 Å². The molecule has 84 heavy (non-hydrogen) atoms. The second-order valence-electron chi connectivity index (χ2n) is 21.4. The molecule has 4 heterocycles. The molecule has 11 unspecified atom stereocenters. The summed E-state index contributed by atoms with van der Waals surface area (Å²) in [6, 6.07) is 2.47. The van der Waals surface area contributed by atoms with E-state index in [1.165, 1.54) is 13.8 Å². The second kappa shape index (κ2) is 31.0. The number of carboxylic acids is 3. The first-order valence-corrected chi connectivity index (χ1v) is 28.0. The largest absolute Gasteiger partial charge is 0.493 e. The van der Waals surface area contributed by atoms with Crippen LogP contribution in [0.15, 0.2) is 30.0 Å². The lowest BCUT2D eigenvalue weighted by molar-refractivity contribution is -0.148. The van der Waals surface area contributed by atoms with Gasteiger partial charge in [0, 0.05) is 62.5 Å². The molecule has 20 N–H and O–H groups in total. The van der Waals surface area contributed by atoms with Crippen LogP contribution in [0.4, 0.5) is 11.4 Å². The van der Waals surface area contributed by atoms with Crippen LogP contribution in [0.3, 0.4) is 0 Å². The zero-order chi connectivity index (χ0) is 60.6. The van der Waals surface area contributed by atoms with Crippen LogP contribution < -0.4 is 74.9 Å². The minimum absolute atomic E-state index is 0.0176. The van der Waals surface area contributed by atoms with Crippen LogP contribution in [-0.4, -0.2) is 182 Å². The van der Waals surface area contributed by atoms with Crippen molar-refractivity contribution in [2.75, 3.05) is 46.2 Å². The van der Waals surface area contributed by atoms with Crippen molar-refractivity contribution in [1.29, 1.82) is 10.5 Å². The Morgan fingerprint density at radius 2 is 0.917 bits per heavy atom. The Bertz CT molecular complexity index is 2850. The molecule has 2 aromatic heterocycles. The fraction of sp³-hybridized carbons (Fsp3) is 0.700. The molecule has 34 heteroatoms. The van der Waals surface area contributed by atoms with Crippen molar-refractivity contribution in [2.24, 2.45) is 38.2 Å². The fourth-order valence-electron chi connectivity index (χ4n) is 11.3. The molecule has 34 nitrogen and oxygen atoms in total. The highest BCUT2D eigenvalue weighted by atomic mass is 16.6. The van der Waals surface area contributed by atoms with Crippen molar-refractivity contribution in [3.8, 4) is 23.9 Å². The number of ether oxygens (including phenoxy) is 1. The van der Waals surface area contributed by atoms with E-state index in [1.807, 2.05) is 12.1 Å². The van der Waals surface area contributed by atoms with Gasteiger partial charge in [-0.25, -0.2) is 0 Å². The third-order valence-corrected chi connectivity index (χ3v) is 15.7. The summed E-state index contributed by atoms with van der Waals surface area (Å²) < 4.78 is 7.27. The number of carbonyl (C=O) groups is 3. The fourth-order valence-corrected chi connectivity index (χ4v) is 11.3. The minimum atomic E-state index is -1.16. The van der Waals surface area contributed by atoms with Crippen molar-refractivity contribution in [2.45, 2.75) is 159 Å². The lowest BCUT2D eigenvalue weighted by Crippen LogP contribution is -2.78. The number of nitrogens with zero attached hydrogens (tertiary/aromatic N) is 8. The molecule has 0 spiro atoms. The molecule has 7 rings (SSSR count). The van der Waals surface area contributed by atoms with E-state index in [4.69, 9.17) is 4.74 Å². The first kappa shape index (κ1) is 65.0. The molecule has 2 aliphatic heterocycles. The lowest BCUT2D eigenvalue weighted by Gasteiger charge is -2.43. The third kappa shape index (κ3) is 17.1. The minimum Gasteiger partial charge on any atom is -0.493 e. The summed E-state index contributed by atoms with van der Waals surface area (Å²) in [5.74, 6) is -7.25. The van der Waals surface area contributed by atoms with Gasteiger partial charge in [0.05, 0.1) is 49.2 Å². The van der Waals surface area contributed by atoms with Gasteiger partial charge >= 0.3 is 17.9 Å². The Morgan fingerprint density at radius 1 is 0.560 bits per heavy atom. The van der Waals surface area contributed by atoms with Gasteiger partial charge in [-0.15, -0.1) is 10.2 Å². The Morgan fingerprint density at radius 3 is 1.27 bits per heavy atom. The van der Waals surface area contributed by atoms with Gasteiger partial charge < -0.3 is 45.6 Å². The number of nitriles is 2. The van der Waals surface area contributed by atoms with E-state index < -0.39 is 121 Å². The molecule has 3 aliphatic carbocycles. The van der Waals surface area contributed by atoms with Gasteiger partial charge in [-0.1, -0.05) is 0 Å². The zero-order valence-corrected chi connectivity index (χ0v) is 46.6. The predicted octanol–water partition coefficient (Wildman–Crippen LogP) is -3.71. The molecule has 2 saturated heterocycles. The number of aliphatic hydroxyl groups excluding tert-OH is 3. The SMILES string of the molecule is Cc1c(C#N)c(O)n(CCNC2NC(NCCO)NC(NC3CCC(NC4NC(NCCO)NC(NCCn5c(O)c(C#N)c(C)c(N=NC6CC(C(=O)O)CC(C(=O)O)C6)c5=O)N4)CC3)N2)c(=O)c1N=NC1CC(OCO)CC(C(=O)O)C1. The maximum atomic E-state index is 13.8. The van der Waals surface area contributed by atoms with Gasteiger partial charge in [0.2, 0.25) is 11.8 Å². The summed E-state index contributed by atoms with van der Waals surface area (Å²) in [6.45, 7) is 2.46. The van der Waals surface area contributed by atoms with E-state index >= 15 is 0 Å². The topological polar surface area (TPSA) is 508 Å². The molecular formula is C50H78N20O14. The number of carboxylic acid groups (broad SMARTS) is 3. The Kier molecular flexibility index (Phi) is 24.0. The molecule has 462 valence electrons. The highest BCUT2D eigenvalue weighted by molar-refractivity contribution is 5.74. The molecule has 5 aliphatic rings. The highest BCUT2D eigenvalue weighted by Crippen LogP contribution is 2.34. The average Bonchev–Trinajstić information content (AvgIpc) is 2.60. The predicted molar refractivity (Wildman–Crippen MR) is 293 cm³/mol. The molecule has 2 aromatic rings. The molecule has 11 atom stereocenters. The normalized spacial score (nSPS) is 29.4. The number of aromatic nitrogens is 2. The van der Waals surface area contributed by atoms with Crippen molar-refractivity contribution < 1.29 is 60.0 Å². The summed E-state index contributed by atoms with van der Waals surface area (Å²) in [5, 5.41) is 157. The first-order chi connectivity index (χ1) is 40.3. The maximum absolute atomic E-state index is 13.8. The molecule has 0 radical (unpaired) electrons. The Labute approximate surface area is 481 Å². The van der Waals surface area contributed by atoms with Gasteiger partial charge in [0.25, 0.3) is 11.1 Å². The van der Waals surface area contributed by atoms with Crippen LogP contribution in [0.2, 0.25) is 0 Å². The number of pyridine rings is 2. The van der Waals surface area contributed by atoms with Gasteiger partial charge in [-0.2, -0.15) is 20.8 Å². The number of azo groups is 2. The van der Waals surface area contributed by atoms with Crippen LogP contribution in [0.1, 0.15) is 86.5 Å². The average molecular weight is 1180 g/mol. The van der Waals surface area contributed by atoms with E-state index in [1.54, 1.807) is 0 Å². The van der Waals surface area contributed by atoms with E-state index in [-0.39, 0.29) is 137 Å². The van der Waals surface area contributed by atoms with Crippen molar-refractivity contribution in [3.63, 3.8) is 0 Å². The summed E-state index contributed by atoms with van der Waals surface area (Å²) in [7, 11) is 0. The van der Waals surface area contributed by atoms with Crippen LogP contribution in [0, 0.1) is 54.3 Å². The number of hydrogen-bond acceptors (Lipinski definition) is 29. The second-order valence-corrected chi connectivity index (χ2v) is 21.4. The Balaban J connectivity index is 0.927. The summed E-state index contributed by atoms with van der Waals surface area (Å²) in [5.41, 5.74) is -2.15. The van der Waals surface area contributed by atoms with Gasteiger partial charge in [-0.05, 0) is 78.1 Å². The molecule has 5 fully saturated rings. The summed E-state index contributed by atoms with van der Waals surface area (Å²) in [4.78, 5) is 63.0. The monoisotopic (exact) mass is 1180 g/mol. The van der Waals surface area contributed by atoms with E-state index in [0.717, 1.165) is 34.8 Å². The standard InChI is InChI=1S/C50H78N20O14/c1-24-34(21-51)38(74)69(40(76)36(24)67-65-31-16-26(42(78)79)15-27(17-31)43(80)81)11-7-53-45-59-47(55-9-13-71)63-49(61-45)57-29-3-5-30(6-4-29)58-50-62-46(60-48(64-50)56-10-14-72)54-8-12-70-39(75)35(22-52)25(2)37(41(70)77)68-66-32-18-28(44(82)83)19-33(20-32)84-23-73/h26-33,45-50,53-64,71-75H,3-20,23H2,1-2H3,(H,78,79)(H,80,81)(H,82,83). The van der Waals surface area contributed by atoms with Gasteiger partial charge in [-0.3, -0.25) is 96.9 Å². The van der Waals surface area contributed by atoms with Crippen LogP contribution in [0.25, 0.3) is 0 Å². The smallest absolute Gasteiger partial charge is 0.306 e. The number of aliphatic hydroxyl groups is 3. The molecular weight excluding hydrogens is 1100 g/mol. The number of rotatable bonds is 27. The lowest BCUT2D eigenvalue weighted by atomic mass is 9.79. The molecule has 3 saturated carbocycles. The molecule has 0 amide bonds. The zero-order valence-electron chi connectivity index (χ0n) is 46.6. The number of aliphatic carboxylic acids is 3. The first-order valence-electron chi connectivity index (χ1n) is 28.0. The van der Waals surface area contributed by atoms with Crippen molar-refractivity contribution in [1.82, 2.24) is 72.9 Å². The Hall–Kier alpha value is -6.55. The summed E-state index contributed by atoms with van der Waals surface area (Å²) >= 11 is 0.